The van der Waals surface area contributed by atoms with Gasteiger partial charge in [-0.15, -0.1) is 0 Å². The van der Waals surface area contributed by atoms with Crippen LogP contribution in [0.2, 0.25) is 0 Å². The molecule has 1 atom stereocenters. The first-order chi connectivity index (χ1) is 7.04. The Morgan fingerprint density at radius 2 is 2.40 bits per heavy atom. The molecule has 0 aromatic carbocycles. The quantitative estimate of drug-likeness (QED) is 0.794. The number of nitrogens with two attached hydrogens (primary N) is 1. The van der Waals surface area contributed by atoms with Gasteiger partial charge in [-0.25, -0.2) is 0 Å². The van der Waals surface area contributed by atoms with E-state index in [0.717, 1.165) is 11.5 Å². The van der Waals surface area contributed by atoms with E-state index in [4.69, 9.17) is 10.3 Å². The van der Waals surface area contributed by atoms with Crippen LogP contribution in [0, 0.1) is 6.92 Å². The number of carbonyl (C=O) groups is 1. The monoisotopic (exact) mass is 211 g/mol. The van der Waals surface area contributed by atoms with Crippen LogP contribution in [-0.2, 0) is 11.3 Å². The van der Waals surface area contributed by atoms with Crippen molar-refractivity contribution in [2.45, 2.75) is 32.9 Å². The zero-order valence-electron chi connectivity index (χ0n) is 9.36. The Hall–Kier alpha value is -1.36. The molecule has 1 aromatic heterocycles. The summed E-state index contributed by atoms with van der Waals surface area (Å²) >= 11 is 0. The van der Waals surface area contributed by atoms with Gasteiger partial charge >= 0.3 is 0 Å². The van der Waals surface area contributed by atoms with E-state index in [-0.39, 0.29) is 5.91 Å². The number of aryl methyl sites for hydroxylation is 1. The van der Waals surface area contributed by atoms with Crippen molar-refractivity contribution in [2.75, 3.05) is 7.05 Å². The first-order valence-electron chi connectivity index (χ1n) is 4.97. The van der Waals surface area contributed by atoms with E-state index < -0.39 is 6.04 Å². The molecule has 5 nitrogen and oxygen atoms in total. The predicted octanol–water partition coefficient (Wildman–Crippen LogP) is 0.679. The second-order valence-electron chi connectivity index (χ2n) is 3.64. The van der Waals surface area contributed by atoms with Gasteiger partial charge in [-0.2, -0.15) is 0 Å². The van der Waals surface area contributed by atoms with E-state index in [0.29, 0.717) is 13.0 Å². The highest BCUT2D eigenvalue weighted by atomic mass is 16.5. The van der Waals surface area contributed by atoms with Gasteiger partial charge in [0.1, 0.15) is 11.5 Å². The van der Waals surface area contributed by atoms with Crippen LogP contribution in [0.3, 0.4) is 0 Å². The molecule has 15 heavy (non-hydrogen) atoms. The molecule has 0 saturated heterocycles. The average molecular weight is 211 g/mol. The van der Waals surface area contributed by atoms with Crippen molar-refractivity contribution in [3.05, 3.63) is 17.5 Å². The van der Waals surface area contributed by atoms with Crippen LogP contribution in [-0.4, -0.2) is 29.1 Å². The zero-order chi connectivity index (χ0) is 11.4. The molecule has 0 aliphatic carbocycles. The minimum Gasteiger partial charge on any atom is -0.361 e. The summed E-state index contributed by atoms with van der Waals surface area (Å²) in [5.41, 5.74) is 6.38. The lowest BCUT2D eigenvalue weighted by Crippen LogP contribution is -2.40. The molecule has 0 bridgehead atoms. The van der Waals surface area contributed by atoms with Crippen LogP contribution in [0.5, 0.6) is 0 Å². The lowest BCUT2D eigenvalue weighted by atomic mass is 10.2. The van der Waals surface area contributed by atoms with E-state index in [1.54, 1.807) is 18.0 Å². The summed E-state index contributed by atoms with van der Waals surface area (Å²) in [6.07, 6.45) is 0.640. The van der Waals surface area contributed by atoms with E-state index >= 15 is 0 Å². The second kappa shape index (κ2) is 4.93. The zero-order valence-corrected chi connectivity index (χ0v) is 9.36. The van der Waals surface area contributed by atoms with Crippen molar-refractivity contribution in [3.63, 3.8) is 0 Å². The Labute approximate surface area is 89.2 Å². The highest BCUT2D eigenvalue weighted by molar-refractivity contribution is 5.81. The number of nitrogens with zero attached hydrogens (tertiary/aromatic N) is 2. The third-order valence-corrected chi connectivity index (χ3v) is 2.21. The first kappa shape index (κ1) is 11.7. The van der Waals surface area contributed by atoms with Gasteiger partial charge in [-0.05, 0) is 13.3 Å². The standard InChI is InChI=1S/C10H17N3O2/c1-4-9(11)10(14)13(3)6-8-5-7(2)15-12-8/h5,9H,4,6,11H2,1-3H3. The van der Waals surface area contributed by atoms with Crippen LogP contribution in [0.1, 0.15) is 24.8 Å². The SMILES string of the molecule is CCC(N)C(=O)N(C)Cc1cc(C)on1. The Balaban J connectivity index is 2.55. The van der Waals surface area contributed by atoms with E-state index in [1.807, 2.05) is 13.8 Å². The van der Waals surface area contributed by atoms with Gasteiger partial charge in [0.05, 0.1) is 12.6 Å². The normalized spacial score (nSPS) is 12.5. The molecule has 0 fully saturated rings. The van der Waals surface area contributed by atoms with Crippen molar-refractivity contribution >= 4 is 5.91 Å². The Morgan fingerprint density at radius 1 is 1.73 bits per heavy atom. The van der Waals surface area contributed by atoms with Crippen molar-refractivity contribution < 1.29 is 9.32 Å². The minimum absolute atomic E-state index is 0.0712. The van der Waals surface area contributed by atoms with E-state index in [1.165, 1.54) is 0 Å². The lowest BCUT2D eigenvalue weighted by Gasteiger charge is -2.19. The number of hydrogen-bond donors (Lipinski definition) is 1. The molecule has 1 rings (SSSR count). The molecular weight excluding hydrogens is 194 g/mol. The summed E-state index contributed by atoms with van der Waals surface area (Å²) in [4.78, 5) is 13.2. The van der Waals surface area contributed by atoms with Crippen molar-refractivity contribution in [3.8, 4) is 0 Å². The van der Waals surface area contributed by atoms with Crippen molar-refractivity contribution in [1.82, 2.24) is 10.1 Å². The molecule has 5 heteroatoms. The number of hydrogen-bond acceptors (Lipinski definition) is 4. The maximum Gasteiger partial charge on any atom is 0.239 e. The Bertz CT molecular complexity index is 335. The van der Waals surface area contributed by atoms with Gasteiger partial charge in [-0.1, -0.05) is 12.1 Å². The molecule has 1 aromatic rings. The highest BCUT2D eigenvalue weighted by Crippen LogP contribution is 2.05. The highest BCUT2D eigenvalue weighted by Gasteiger charge is 2.17. The van der Waals surface area contributed by atoms with Crippen molar-refractivity contribution in [1.29, 1.82) is 0 Å². The molecule has 1 heterocycles. The van der Waals surface area contributed by atoms with Gasteiger partial charge < -0.3 is 15.2 Å². The Morgan fingerprint density at radius 3 is 2.87 bits per heavy atom. The number of rotatable bonds is 4. The van der Waals surface area contributed by atoms with Gasteiger partial charge in [0.15, 0.2) is 0 Å². The van der Waals surface area contributed by atoms with E-state index in [2.05, 4.69) is 5.16 Å². The number of carbonyl (C=O) groups excluding carboxylic acids is 1. The van der Waals surface area contributed by atoms with Crippen LogP contribution in [0.4, 0.5) is 0 Å². The predicted molar refractivity (Wildman–Crippen MR) is 56.0 cm³/mol. The molecular formula is C10H17N3O2. The lowest BCUT2D eigenvalue weighted by molar-refractivity contribution is -0.131. The number of likely N-dealkylation sites (N-methyl/N-ethyl adjacent to an activating group) is 1. The van der Waals surface area contributed by atoms with Crippen molar-refractivity contribution in [2.24, 2.45) is 5.73 Å². The summed E-state index contributed by atoms with van der Waals surface area (Å²) in [7, 11) is 1.71. The summed E-state index contributed by atoms with van der Waals surface area (Å²) in [5.74, 6) is 0.670. The molecule has 0 spiro atoms. The number of aromatic nitrogens is 1. The molecule has 0 saturated carbocycles. The summed E-state index contributed by atoms with van der Waals surface area (Å²) < 4.78 is 4.91. The third-order valence-electron chi connectivity index (χ3n) is 2.21. The molecule has 1 unspecified atom stereocenters. The smallest absolute Gasteiger partial charge is 0.239 e. The van der Waals surface area contributed by atoms with Crippen LogP contribution in [0.25, 0.3) is 0 Å². The molecule has 1 amide bonds. The maximum absolute atomic E-state index is 11.6. The number of amides is 1. The van der Waals surface area contributed by atoms with Gasteiger partial charge in [0.2, 0.25) is 5.91 Å². The molecule has 0 radical (unpaired) electrons. The summed E-state index contributed by atoms with van der Waals surface area (Å²) in [6, 6.07) is 1.38. The fourth-order valence-corrected chi connectivity index (χ4v) is 1.27. The largest absolute Gasteiger partial charge is 0.361 e. The maximum atomic E-state index is 11.6. The summed E-state index contributed by atoms with van der Waals surface area (Å²) in [6.45, 7) is 4.14. The average Bonchev–Trinajstić information content (AvgIpc) is 2.61. The van der Waals surface area contributed by atoms with Crippen LogP contribution in [0.15, 0.2) is 10.6 Å². The molecule has 2 N–H and O–H groups in total. The van der Waals surface area contributed by atoms with Crippen LogP contribution >= 0.6 is 0 Å². The molecule has 0 aliphatic heterocycles. The first-order valence-corrected chi connectivity index (χ1v) is 4.97. The van der Waals surface area contributed by atoms with Gasteiger partial charge in [0, 0.05) is 13.1 Å². The molecule has 0 aliphatic rings. The van der Waals surface area contributed by atoms with Gasteiger partial charge in [-0.3, -0.25) is 4.79 Å². The second-order valence-corrected chi connectivity index (χ2v) is 3.64. The third kappa shape index (κ3) is 3.06. The molecule has 84 valence electrons. The topological polar surface area (TPSA) is 72.4 Å². The minimum atomic E-state index is -0.428. The van der Waals surface area contributed by atoms with Gasteiger partial charge in [0.25, 0.3) is 0 Å². The summed E-state index contributed by atoms with van der Waals surface area (Å²) in [5, 5.41) is 3.81. The fraction of sp³-hybridized carbons (Fsp3) is 0.600. The Kier molecular flexibility index (Phi) is 3.85. The fourth-order valence-electron chi connectivity index (χ4n) is 1.27. The van der Waals surface area contributed by atoms with E-state index in [9.17, 15) is 4.79 Å². The van der Waals surface area contributed by atoms with Crippen LogP contribution < -0.4 is 5.73 Å².